The maximum atomic E-state index is 13.6. The van der Waals surface area contributed by atoms with Crippen LogP contribution in [0.25, 0.3) is 11.3 Å². The molecular weight excluding hydrogens is 618 g/mol. The van der Waals surface area contributed by atoms with E-state index in [-0.39, 0.29) is 23.8 Å². The monoisotopic (exact) mass is 663 g/mol. The van der Waals surface area contributed by atoms with Crippen LogP contribution in [0.1, 0.15) is 56.6 Å². The van der Waals surface area contributed by atoms with Gasteiger partial charge in [0.25, 0.3) is 0 Å². The maximum absolute atomic E-state index is 13.6. The highest BCUT2D eigenvalue weighted by atomic mass is 79.9. The fourth-order valence-electron chi connectivity index (χ4n) is 7.26. The van der Waals surface area contributed by atoms with E-state index < -0.39 is 0 Å². The Morgan fingerprint density at radius 3 is 2.34 bits per heavy atom. The number of likely N-dealkylation sites (tertiary alicyclic amines) is 3. The third kappa shape index (κ3) is 7.58. The summed E-state index contributed by atoms with van der Waals surface area (Å²) in [5.41, 5.74) is 9.66. The van der Waals surface area contributed by atoms with Crippen LogP contribution in [0.3, 0.4) is 0 Å². The van der Waals surface area contributed by atoms with Gasteiger partial charge in [-0.1, -0.05) is 42.8 Å². The number of hydrogen-bond acceptors (Lipinski definition) is 5. The van der Waals surface area contributed by atoms with Gasteiger partial charge in [0.1, 0.15) is 0 Å². The number of urea groups is 1. The number of rotatable bonds is 8. The van der Waals surface area contributed by atoms with Crippen molar-refractivity contribution in [2.24, 2.45) is 0 Å². The molecule has 1 atom stereocenters. The van der Waals surface area contributed by atoms with Crippen LogP contribution in [0.4, 0.5) is 10.5 Å². The molecule has 3 saturated heterocycles. The van der Waals surface area contributed by atoms with Gasteiger partial charge < -0.3 is 30.7 Å². The Morgan fingerprint density at radius 2 is 1.64 bits per heavy atom. The van der Waals surface area contributed by atoms with Crippen molar-refractivity contribution in [2.45, 2.75) is 69.5 Å². The number of aromatic amines is 1. The molecule has 6 rings (SSSR count). The molecule has 1 unspecified atom stereocenters. The molecule has 2 amide bonds. The van der Waals surface area contributed by atoms with Crippen LogP contribution in [0.15, 0.2) is 64.0 Å². The van der Waals surface area contributed by atoms with Crippen LogP contribution in [0.2, 0.25) is 0 Å². The molecule has 3 aliphatic heterocycles. The molecule has 0 aliphatic carbocycles. The van der Waals surface area contributed by atoms with E-state index in [1.54, 1.807) is 0 Å². The maximum Gasteiger partial charge on any atom is 0.326 e. The number of nitrogens with two attached hydrogens (primary N) is 1. The number of benzene rings is 2. The van der Waals surface area contributed by atoms with Crippen molar-refractivity contribution in [1.29, 1.82) is 0 Å². The van der Waals surface area contributed by atoms with E-state index in [4.69, 9.17) is 5.73 Å². The molecule has 0 radical (unpaired) electrons. The Labute approximate surface area is 268 Å². The Hall–Kier alpha value is -3.08. The second-order valence-electron chi connectivity index (χ2n) is 12.8. The molecule has 1 aromatic heterocycles. The van der Waals surface area contributed by atoms with Gasteiger partial charge in [0.15, 0.2) is 0 Å². The molecule has 44 heavy (non-hydrogen) atoms. The molecule has 2 aromatic carbocycles. The number of carbonyl (C=O) groups excluding carboxylic acids is 1. The normalized spacial score (nSPS) is 20.1. The lowest BCUT2D eigenvalue weighted by atomic mass is 9.98. The minimum Gasteiger partial charge on any atom is -0.398 e. The Kier molecular flexibility index (Phi) is 10.1. The summed E-state index contributed by atoms with van der Waals surface area (Å²) in [7, 11) is 0. The lowest BCUT2D eigenvalue weighted by molar-refractivity contribution is 0.0876. The Balaban J connectivity index is 1.06. The number of imidazole rings is 1. The molecule has 4 heterocycles. The average molecular weight is 665 g/mol. The van der Waals surface area contributed by atoms with E-state index in [1.807, 2.05) is 52.1 Å². The molecule has 10 heteroatoms. The second kappa shape index (κ2) is 14.3. The van der Waals surface area contributed by atoms with Gasteiger partial charge in [-0.25, -0.2) is 9.59 Å². The van der Waals surface area contributed by atoms with Crippen LogP contribution in [-0.2, 0) is 6.42 Å². The number of carbonyl (C=O) groups is 1. The van der Waals surface area contributed by atoms with E-state index >= 15 is 0 Å². The molecule has 236 valence electrons. The van der Waals surface area contributed by atoms with Crippen molar-refractivity contribution in [2.75, 3.05) is 51.5 Å². The number of amides is 2. The van der Waals surface area contributed by atoms with Crippen molar-refractivity contribution >= 4 is 27.6 Å². The zero-order valence-corrected chi connectivity index (χ0v) is 27.2. The summed E-state index contributed by atoms with van der Waals surface area (Å²) >= 11 is 3.57. The molecule has 9 nitrogen and oxygen atoms in total. The fourth-order valence-corrected chi connectivity index (χ4v) is 7.69. The van der Waals surface area contributed by atoms with Crippen LogP contribution in [0, 0.1) is 0 Å². The number of piperidine rings is 3. The van der Waals surface area contributed by atoms with Crippen LogP contribution in [-0.4, -0.2) is 88.2 Å². The summed E-state index contributed by atoms with van der Waals surface area (Å²) in [5, 5.41) is 3.40. The first-order valence-corrected chi connectivity index (χ1v) is 17.1. The Morgan fingerprint density at radius 1 is 0.932 bits per heavy atom. The number of aromatic nitrogens is 2. The minimum atomic E-state index is -0.0921. The van der Waals surface area contributed by atoms with Crippen molar-refractivity contribution in [3.63, 3.8) is 0 Å². The van der Waals surface area contributed by atoms with Crippen LogP contribution in [0.5, 0.6) is 0 Å². The van der Waals surface area contributed by atoms with E-state index in [1.165, 1.54) is 45.2 Å². The number of hydrogen-bond donors (Lipinski definition) is 3. The molecule has 0 saturated carbocycles. The lowest BCUT2D eigenvalue weighted by Gasteiger charge is -2.41. The lowest BCUT2D eigenvalue weighted by Crippen LogP contribution is -2.54. The molecule has 0 spiro atoms. The van der Waals surface area contributed by atoms with Crippen molar-refractivity contribution in [1.82, 2.24) is 29.6 Å². The highest BCUT2D eigenvalue weighted by Gasteiger charge is 2.30. The van der Waals surface area contributed by atoms with E-state index in [2.05, 4.69) is 48.2 Å². The van der Waals surface area contributed by atoms with Gasteiger partial charge in [0.2, 0.25) is 0 Å². The van der Waals surface area contributed by atoms with E-state index in [0.717, 1.165) is 65.9 Å². The number of H-pyrrole nitrogens is 1. The van der Waals surface area contributed by atoms with Crippen LogP contribution < -0.4 is 16.7 Å². The van der Waals surface area contributed by atoms with Gasteiger partial charge in [-0.3, -0.25) is 4.57 Å². The molecule has 0 bridgehead atoms. The molecule has 3 aromatic rings. The Bertz CT molecular complexity index is 1440. The fraction of sp³-hybridized carbons (Fsp3) is 0.529. The van der Waals surface area contributed by atoms with Crippen molar-refractivity contribution < 1.29 is 4.79 Å². The minimum absolute atomic E-state index is 0.0111. The number of nitrogen functional groups attached to an aromatic ring is 1. The highest BCUT2D eigenvalue weighted by Crippen LogP contribution is 2.26. The number of anilines is 1. The van der Waals surface area contributed by atoms with Gasteiger partial charge >= 0.3 is 11.7 Å². The summed E-state index contributed by atoms with van der Waals surface area (Å²) in [6.07, 6.45) is 10.6. The summed E-state index contributed by atoms with van der Waals surface area (Å²) < 4.78 is 2.70. The number of nitrogens with one attached hydrogen (secondary N) is 2. The number of nitrogens with zero attached hydrogens (tertiary/aromatic N) is 4. The predicted molar refractivity (Wildman–Crippen MR) is 180 cm³/mol. The summed E-state index contributed by atoms with van der Waals surface area (Å²) in [5.74, 6) is 0. The van der Waals surface area contributed by atoms with Gasteiger partial charge in [0, 0.05) is 54.1 Å². The second-order valence-corrected chi connectivity index (χ2v) is 13.7. The first kappa shape index (κ1) is 30.9. The van der Waals surface area contributed by atoms with E-state index in [0.29, 0.717) is 19.1 Å². The quantitative estimate of drug-likeness (QED) is 0.291. The zero-order chi connectivity index (χ0) is 30.5. The van der Waals surface area contributed by atoms with Gasteiger partial charge in [0.05, 0.1) is 5.69 Å². The van der Waals surface area contributed by atoms with E-state index in [9.17, 15) is 9.59 Å². The highest BCUT2D eigenvalue weighted by molar-refractivity contribution is 9.10. The molecular formula is C34H46BrN7O2. The summed E-state index contributed by atoms with van der Waals surface area (Å²) in [6.45, 7) is 6.71. The van der Waals surface area contributed by atoms with Crippen molar-refractivity contribution in [3.8, 4) is 11.3 Å². The smallest absolute Gasteiger partial charge is 0.326 e. The van der Waals surface area contributed by atoms with Gasteiger partial charge in [-0.05, 0) is 110 Å². The van der Waals surface area contributed by atoms with Crippen LogP contribution >= 0.6 is 15.9 Å². The first-order chi connectivity index (χ1) is 21.4. The predicted octanol–water partition coefficient (Wildman–Crippen LogP) is 5.10. The number of halogens is 1. The summed E-state index contributed by atoms with van der Waals surface area (Å²) in [4.78, 5) is 36.6. The third-order valence-corrected chi connectivity index (χ3v) is 10.5. The largest absolute Gasteiger partial charge is 0.398 e. The van der Waals surface area contributed by atoms with Gasteiger partial charge in [-0.15, -0.1) is 0 Å². The van der Waals surface area contributed by atoms with Crippen molar-refractivity contribution in [3.05, 3.63) is 75.2 Å². The first-order valence-electron chi connectivity index (χ1n) is 16.4. The summed E-state index contributed by atoms with van der Waals surface area (Å²) in [6, 6.07) is 16.7. The topological polar surface area (TPSA) is 103 Å². The SMILES string of the molecule is Nc1ccc(CC(CN2CCC(N3CCCCC3)CC2)NC(=O)N2CCC(n3cc(-c4ccccc4)[nH]c3=O)CC2)cc1Br. The zero-order valence-electron chi connectivity index (χ0n) is 25.6. The standard InChI is InChI=1S/C34H46BrN7O2/c35-30-22-25(9-10-31(30)36)21-27(23-39-17-11-28(12-18-39)40-15-5-2-6-16-40)37-33(43)41-19-13-29(14-20-41)42-24-32(38-34(42)44)26-7-3-1-4-8-26/h1,3-4,7-10,22,24,27-29H,2,5-6,11-21,23,36H2,(H,37,43)(H,38,44). The third-order valence-electron chi connectivity index (χ3n) is 9.79. The van der Waals surface area contributed by atoms with Gasteiger partial charge in [-0.2, -0.15) is 0 Å². The molecule has 3 fully saturated rings. The molecule has 4 N–H and O–H groups in total. The average Bonchev–Trinajstić information content (AvgIpc) is 3.45. The molecule has 3 aliphatic rings.